The zero-order chi connectivity index (χ0) is 14.5. The molecule has 0 amide bonds. The van der Waals surface area contributed by atoms with Crippen LogP contribution < -0.4 is 5.73 Å². The van der Waals surface area contributed by atoms with E-state index in [-0.39, 0.29) is 0 Å². The lowest BCUT2D eigenvalue weighted by molar-refractivity contribution is 0.0360. The van der Waals surface area contributed by atoms with Crippen molar-refractivity contribution < 1.29 is 0 Å². The van der Waals surface area contributed by atoms with E-state index in [1.54, 1.807) is 0 Å². The highest BCUT2D eigenvalue weighted by molar-refractivity contribution is 4.90. The average molecular weight is 280 g/mol. The van der Waals surface area contributed by atoms with Gasteiger partial charge in [0.25, 0.3) is 0 Å². The SMILES string of the molecule is CCN(C1CCCC(C(C)C)C1)C1CCCCC1CN. The van der Waals surface area contributed by atoms with Gasteiger partial charge in [0.2, 0.25) is 0 Å². The summed E-state index contributed by atoms with van der Waals surface area (Å²) in [5, 5.41) is 0. The number of nitrogens with two attached hydrogens (primary N) is 1. The second-order valence-electron chi connectivity index (χ2n) is 7.50. The van der Waals surface area contributed by atoms with Gasteiger partial charge >= 0.3 is 0 Å². The van der Waals surface area contributed by atoms with E-state index in [9.17, 15) is 0 Å². The standard InChI is InChI=1S/C18H36N2/c1-4-20(18-11-6-5-8-16(18)13-19)17-10-7-9-15(12-17)14(2)3/h14-18H,4-13,19H2,1-3H3. The second kappa shape index (κ2) is 7.79. The summed E-state index contributed by atoms with van der Waals surface area (Å²) in [5.41, 5.74) is 6.06. The highest BCUT2D eigenvalue weighted by Gasteiger charge is 2.35. The minimum atomic E-state index is 0.753. The predicted molar refractivity (Wildman–Crippen MR) is 87.8 cm³/mol. The number of nitrogens with zero attached hydrogens (tertiary/aromatic N) is 1. The first-order valence-electron chi connectivity index (χ1n) is 9.13. The number of hydrogen-bond donors (Lipinski definition) is 1. The quantitative estimate of drug-likeness (QED) is 0.823. The van der Waals surface area contributed by atoms with E-state index in [1.807, 2.05) is 0 Å². The van der Waals surface area contributed by atoms with Crippen molar-refractivity contribution in [2.45, 2.75) is 84.2 Å². The molecule has 0 aromatic rings. The van der Waals surface area contributed by atoms with Crippen LogP contribution in [0.25, 0.3) is 0 Å². The van der Waals surface area contributed by atoms with Crippen molar-refractivity contribution in [2.24, 2.45) is 23.5 Å². The summed E-state index contributed by atoms with van der Waals surface area (Å²) in [6.45, 7) is 9.29. The lowest BCUT2D eigenvalue weighted by atomic mass is 9.76. The van der Waals surface area contributed by atoms with Crippen molar-refractivity contribution in [3.63, 3.8) is 0 Å². The summed E-state index contributed by atoms with van der Waals surface area (Å²) in [4.78, 5) is 2.85. The molecule has 118 valence electrons. The molecule has 4 unspecified atom stereocenters. The molecule has 0 aliphatic heterocycles. The van der Waals surface area contributed by atoms with Crippen LogP contribution in [0.2, 0.25) is 0 Å². The molecule has 0 aromatic carbocycles. The Bertz CT molecular complexity index is 277. The molecular formula is C18H36N2. The molecule has 2 fully saturated rings. The smallest absolute Gasteiger partial charge is 0.0138 e. The fourth-order valence-electron chi connectivity index (χ4n) is 4.77. The Hall–Kier alpha value is -0.0800. The average Bonchev–Trinajstić information content (AvgIpc) is 2.49. The van der Waals surface area contributed by atoms with E-state index in [2.05, 4.69) is 25.7 Å². The van der Waals surface area contributed by atoms with Crippen molar-refractivity contribution in [1.29, 1.82) is 0 Å². The van der Waals surface area contributed by atoms with Crippen molar-refractivity contribution in [3.8, 4) is 0 Å². The summed E-state index contributed by atoms with van der Waals surface area (Å²) in [6, 6.07) is 1.60. The van der Waals surface area contributed by atoms with Gasteiger partial charge in [0.05, 0.1) is 0 Å². The molecule has 2 aliphatic rings. The summed E-state index contributed by atoms with van der Waals surface area (Å²) in [6.07, 6.45) is 11.3. The monoisotopic (exact) mass is 280 g/mol. The molecule has 2 aliphatic carbocycles. The molecule has 0 bridgehead atoms. The summed E-state index contributed by atoms with van der Waals surface area (Å²) >= 11 is 0. The van der Waals surface area contributed by atoms with Crippen LogP contribution in [-0.4, -0.2) is 30.1 Å². The van der Waals surface area contributed by atoms with Crippen LogP contribution in [0, 0.1) is 17.8 Å². The molecule has 2 nitrogen and oxygen atoms in total. The first kappa shape index (κ1) is 16.3. The van der Waals surface area contributed by atoms with E-state index in [0.29, 0.717) is 0 Å². The third kappa shape index (κ3) is 3.76. The predicted octanol–water partition coefficient (Wildman–Crippen LogP) is 4.04. The van der Waals surface area contributed by atoms with Crippen LogP contribution in [0.1, 0.15) is 72.1 Å². The normalized spacial score (nSPS) is 35.7. The maximum Gasteiger partial charge on any atom is 0.0138 e. The van der Waals surface area contributed by atoms with Crippen LogP contribution in [0.15, 0.2) is 0 Å². The second-order valence-corrected chi connectivity index (χ2v) is 7.50. The fraction of sp³-hybridized carbons (Fsp3) is 1.00. The van der Waals surface area contributed by atoms with Crippen LogP contribution >= 0.6 is 0 Å². The third-order valence-electron chi connectivity index (χ3n) is 6.06. The highest BCUT2D eigenvalue weighted by Crippen LogP contribution is 2.36. The Balaban J connectivity index is 2.02. The Morgan fingerprint density at radius 1 is 1.05 bits per heavy atom. The maximum atomic E-state index is 6.06. The molecule has 0 radical (unpaired) electrons. The number of rotatable bonds is 5. The lowest BCUT2D eigenvalue weighted by Crippen LogP contribution is -2.51. The van der Waals surface area contributed by atoms with Gasteiger partial charge in [0, 0.05) is 12.1 Å². The third-order valence-corrected chi connectivity index (χ3v) is 6.06. The first-order valence-corrected chi connectivity index (χ1v) is 9.13. The van der Waals surface area contributed by atoms with E-state index < -0.39 is 0 Å². The summed E-state index contributed by atoms with van der Waals surface area (Å²) in [5.74, 6) is 2.55. The van der Waals surface area contributed by atoms with Crippen molar-refractivity contribution in [2.75, 3.05) is 13.1 Å². The van der Waals surface area contributed by atoms with Gasteiger partial charge in [0.1, 0.15) is 0 Å². The largest absolute Gasteiger partial charge is 0.330 e. The molecule has 2 heteroatoms. The van der Waals surface area contributed by atoms with Crippen LogP contribution in [0.3, 0.4) is 0 Å². The van der Waals surface area contributed by atoms with Gasteiger partial charge in [-0.25, -0.2) is 0 Å². The molecule has 2 N–H and O–H groups in total. The van der Waals surface area contributed by atoms with E-state index in [4.69, 9.17) is 5.73 Å². The van der Waals surface area contributed by atoms with Crippen molar-refractivity contribution >= 4 is 0 Å². The van der Waals surface area contributed by atoms with Gasteiger partial charge in [-0.15, -0.1) is 0 Å². The van der Waals surface area contributed by atoms with Gasteiger partial charge < -0.3 is 5.73 Å². The molecule has 4 atom stereocenters. The molecule has 0 spiro atoms. The zero-order valence-corrected chi connectivity index (χ0v) is 14.0. The van der Waals surface area contributed by atoms with Crippen LogP contribution in [0.5, 0.6) is 0 Å². The fourth-order valence-corrected chi connectivity index (χ4v) is 4.77. The van der Waals surface area contributed by atoms with Crippen LogP contribution in [0.4, 0.5) is 0 Å². The highest BCUT2D eigenvalue weighted by atomic mass is 15.2. The van der Waals surface area contributed by atoms with Gasteiger partial charge in [-0.3, -0.25) is 4.90 Å². The Morgan fingerprint density at radius 3 is 2.45 bits per heavy atom. The van der Waals surface area contributed by atoms with Gasteiger partial charge in [-0.05, 0) is 56.5 Å². The van der Waals surface area contributed by atoms with Gasteiger partial charge in [0.15, 0.2) is 0 Å². The first-order chi connectivity index (χ1) is 9.67. The summed E-state index contributed by atoms with van der Waals surface area (Å²) < 4.78 is 0. The Kier molecular flexibility index (Phi) is 6.35. The van der Waals surface area contributed by atoms with E-state index in [0.717, 1.165) is 36.4 Å². The zero-order valence-electron chi connectivity index (χ0n) is 14.0. The summed E-state index contributed by atoms with van der Waals surface area (Å²) in [7, 11) is 0. The van der Waals surface area contributed by atoms with E-state index >= 15 is 0 Å². The van der Waals surface area contributed by atoms with Gasteiger partial charge in [-0.1, -0.05) is 46.5 Å². The lowest BCUT2D eigenvalue weighted by Gasteiger charge is -2.46. The topological polar surface area (TPSA) is 29.3 Å². The molecule has 0 heterocycles. The maximum absolute atomic E-state index is 6.06. The van der Waals surface area contributed by atoms with Crippen molar-refractivity contribution in [1.82, 2.24) is 4.90 Å². The van der Waals surface area contributed by atoms with Crippen molar-refractivity contribution in [3.05, 3.63) is 0 Å². The Labute approximate surface area is 126 Å². The van der Waals surface area contributed by atoms with Crippen LogP contribution in [-0.2, 0) is 0 Å². The molecule has 2 rings (SSSR count). The molecular weight excluding hydrogens is 244 g/mol. The molecule has 0 aromatic heterocycles. The van der Waals surface area contributed by atoms with E-state index in [1.165, 1.54) is 57.9 Å². The minimum Gasteiger partial charge on any atom is -0.330 e. The Morgan fingerprint density at radius 2 is 1.80 bits per heavy atom. The molecule has 20 heavy (non-hydrogen) atoms. The number of hydrogen-bond acceptors (Lipinski definition) is 2. The molecule has 0 saturated heterocycles. The minimum absolute atomic E-state index is 0.753. The van der Waals surface area contributed by atoms with Gasteiger partial charge in [-0.2, -0.15) is 0 Å². The molecule has 2 saturated carbocycles.